The highest BCUT2D eigenvalue weighted by molar-refractivity contribution is 9.10. The molecular weight excluding hydrogens is 270 g/mol. The number of rotatable bonds is 3. The van der Waals surface area contributed by atoms with Gasteiger partial charge in [0.2, 0.25) is 5.82 Å². The van der Waals surface area contributed by atoms with Gasteiger partial charge in [-0.3, -0.25) is 5.41 Å². The topological polar surface area (TPSA) is 59.1 Å². The van der Waals surface area contributed by atoms with E-state index in [0.717, 1.165) is 6.07 Å². The van der Waals surface area contributed by atoms with Crippen molar-refractivity contribution in [1.82, 2.24) is 0 Å². The number of amidine groups is 1. The molecule has 0 aliphatic carbocycles. The predicted octanol–water partition coefficient (Wildman–Crippen LogP) is 2.43. The molecule has 0 spiro atoms. The molecule has 1 aromatic carbocycles. The molecule has 0 saturated heterocycles. The maximum atomic E-state index is 13.2. The van der Waals surface area contributed by atoms with Crippen LogP contribution in [0.3, 0.4) is 0 Å². The molecule has 0 amide bonds. The predicted molar refractivity (Wildman–Crippen MR) is 56.1 cm³/mol. The Kier molecular flexibility index (Phi) is 3.62. The first-order valence-electron chi connectivity index (χ1n) is 4.07. The Morgan fingerprint density at radius 3 is 2.67 bits per heavy atom. The third-order valence-electron chi connectivity index (χ3n) is 1.70. The van der Waals surface area contributed by atoms with Gasteiger partial charge in [0.25, 0.3) is 0 Å². The van der Waals surface area contributed by atoms with Crippen LogP contribution in [0.2, 0.25) is 0 Å². The van der Waals surface area contributed by atoms with E-state index in [0.29, 0.717) is 4.47 Å². The number of nitrogens with one attached hydrogen (secondary N) is 1. The maximum absolute atomic E-state index is 13.2. The molecular formula is C9H9BrF2N2O. The smallest absolute Gasteiger partial charge is 0.200 e. The van der Waals surface area contributed by atoms with E-state index in [2.05, 4.69) is 15.9 Å². The van der Waals surface area contributed by atoms with Crippen molar-refractivity contribution < 1.29 is 13.5 Å². The average Bonchev–Trinajstić information content (AvgIpc) is 2.13. The zero-order chi connectivity index (χ0) is 11.6. The molecule has 1 aromatic rings. The Morgan fingerprint density at radius 2 is 2.13 bits per heavy atom. The maximum Gasteiger partial charge on any atom is 0.200 e. The number of nitrogens with two attached hydrogens (primary N) is 1. The number of hydrogen-bond acceptors (Lipinski definition) is 2. The molecule has 82 valence electrons. The lowest BCUT2D eigenvalue weighted by atomic mass is 10.3. The summed E-state index contributed by atoms with van der Waals surface area (Å²) in [6, 6.07) is 2.26. The van der Waals surface area contributed by atoms with Gasteiger partial charge in [0.15, 0.2) is 17.7 Å². The van der Waals surface area contributed by atoms with Crippen molar-refractivity contribution in [3.8, 4) is 5.75 Å². The first-order chi connectivity index (χ1) is 6.91. The molecule has 0 aromatic heterocycles. The molecule has 0 heterocycles. The Bertz CT molecular complexity index is 398. The van der Waals surface area contributed by atoms with Crippen LogP contribution in [0.25, 0.3) is 0 Å². The molecule has 6 heteroatoms. The first kappa shape index (κ1) is 11.9. The molecule has 0 bridgehead atoms. The fraction of sp³-hybridized carbons (Fsp3) is 0.222. The molecule has 3 N–H and O–H groups in total. The average molecular weight is 279 g/mol. The highest BCUT2D eigenvalue weighted by Crippen LogP contribution is 2.26. The van der Waals surface area contributed by atoms with E-state index in [1.165, 1.54) is 13.0 Å². The van der Waals surface area contributed by atoms with Crippen LogP contribution in [-0.4, -0.2) is 11.9 Å². The summed E-state index contributed by atoms with van der Waals surface area (Å²) in [6.07, 6.45) is -0.798. The van der Waals surface area contributed by atoms with Crippen molar-refractivity contribution in [3.63, 3.8) is 0 Å². The Labute approximate surface area is 93.9 Å². The summed E-state index contributed by atoms with van der Waals surface area (Å²) in [5, 5.41) is 7.05. The Balaban J connectivity index is 2.99. The van der Waals surface area contributed by atoms with Crippen LogP contribution < -0.4 is 10.5 Å². The van der Waals surface area contributed by atoms with E-state index < -0.39 is 17.7 Å². The normalized spacial score (nSPS) is 12.3. The van der Waals surface area contributed by atoms with Crippen LogP contribution in [0, 0.1) is 17.0 Å². The minimum absolute atomic E-state index is 0.255. The van der Waals surface area contributed by atoms with Gasteiger partial charge >= 0.3 is 0 Å². The third-order valence-corrected chi connectivity index (χ3v) is 2.16. The second kappa shape index (κ2) is 4.57. The number of hydrogen-bond donors (Lipinski definition) is 2. The summed E-state index contributed by atoms with van der Waals surface area (Å²) in [7, 11) is 0. The van der Waals surface area contributed by atoms with Crippen LogP contribution in [0.15, 0.2) is 16.6 Å². The van der Waals surface area contributed by atoms with Crippen molar-refractivity contribution in [2.24, 2.45) is 5.73 Å². The molecule has 15 heavy (non-hydrogen) atoms. The summed E-state index contributed by atoms with van der Waals surface area (Å²) in [4.78, 5) is 0. The lowest BCUT2D eigenvalue weighted by Gasteiger charge is -2.13. The van der Waals surface area contributed by atoms with E-state index in [-0.39, 0.29) is 11.6 Å². The lowest BCUT2D eigenvalue weighted by Crippen LogP contribution is -2.30. The molecule has 0 fully saturated rings. The first-order valence-corrected chi connectivity index (χ1v) is 4.86. The van der Waals surface area contributed by atoms with E-state index in [1.54, 1.807) is 0 Å². The summed E-state index contributed by atoms with van der Waals surface area (Å²) in [5.74, 6) is -2.64. The second-order valence-corrected chi connectivity index (χ2v) is 3.83. The molecule has 1 rings (SSSR count). The minimum Gasteiger partial charge on any atom is -0.480 e. The van der Waals surface area contributed by atoms with Gasteiger partial charge in [0, 0.05) is 4.47 Å². The fourth-order valence-electron chi connectivity index (χ4n) is 0.872. The molecule has 0 radical (unpaired) electrons. The molecule has 1 atom stereocenters. The summed E-state index contributed by atoms with van der Waals surface area (Å²) >= 11 is 3.00. The molecule has 3 nitrogen and oxygen atoms in total. The van der Waals surface area contributed by atoms with Crippen molar-refractivity contribution >= 4 is 21.8 Å². The fourth-order valence-corrected chi connectivity index (χ4v) is 1.28. The molecule has 0 saturated carbocycles. The number of halogens is 3. The molecule has 0 aliphatic heterocycles. The summed E-state index contributed by atoms with van der Waals surface area (Å²) < 4.78 is 31.4. The highest BCUT2D eigenvalue weighted by Gasteiger charge is 2.15. The summed E-state index contributed by atoms with van der Waals surface area (Å²) in [6.45, 7) is 1.47. The van der Waals surface area contributed by atoms with Crippen LogP contribution >= 0.6 is 15.9 Å². The van der Waals surface area contributed by atoms with Crippen LogP contribution in [-0.2, 0) is 0 Å². The van der Waals surface area contributed by atoms with Crippen molar-refractivity contribution in [2.45, 2.75) is 13.0 Å². The van der Waals surface area contributed by atoms with Gasteiger partial charge in [0.1, 0.15) is 5.84 Å². The van der Waals surface area contributed by atoms with Gasteiger partial charge in [0.05, 0.1) is 0 Å². The van der Waals surface area contributed by atoms with Crippen molar-refractivity contribution in [2.75, 3.05) is 0 Å². The molecule has 0 aliphatic rings. The van der Waals surface area contributed by atoms with E-state index in [4.69, 9.17) is 15.9 Å². The zero-order valence-corrected chi connectivity index (χ0v) is 9.44. The van der Waals surface area contributed by atoms with Crippen LogP contribution in [0.4, 0.5) is 8.78 Å². The minimum atomic E-state index is -1.09. The van der Waals surface area contributed by atoms with E-state index >= 15 is 0 Å². The molecule has 1 unspecified atom stereocenters. The van der Waals surface area contributed by atoms with Crippen LogP contribution in [0.5, 0.6) is 5.75 Å². The summed E-state index contributed by atoms with van der Waals surface area (Å²) in [5.41, 5.74) is 5.14. The van der Waals surface area contributed by atoms with Gasteiger partial charge in [-0.05, 0) is 19.1 Å². The quantitative estimate of drug-likeness (QED) is 0.507. The lowest BCUT2D eigenvalue weighted by molar-refractivity contribution is 0.266. The monoisotopic (exact) mass is 278 g/mol. The van der Waals surface area contributed by atoms with Gasteiger partial charge in [-0.15, -0.1) is 0 Å². The van der Waals surface area contributed by atoms with Gasteiger partial charge in [-0.2, -0.15) is 4.39 Å². The van der Waals surface area contributed by atoms with Crippen LogP contribution in [0.1, 0.15) is 6.92 Å². The highest BCUT2D eigenvalue weighted by atomic mass is 79.9. The zero-order valence-electron chi connectivity index (χ0n) is 7.85. The largest absolute Gasteiger partial charge is 0.480 e. The van der Waals surface area contributed by atoms with E-state index in [9.17, 15) is 8.78 Å². The third kappa shape index (κ3) is 2.89. The Morgan fingerprint density at radius 1 is 1.53 bits per heavy atom. The van der Waals surface area contributed by atoms with E-state index in [1.807, 2.05) is 0 Å². The van der Waals surface area contributed by atoms with Crippen molar-refractivity contribution in [1.29, 1.82) is 5.41 Å². The number of ether oxygens (including phenoxy) is 1. The number of benzene rings is 1. The second-order valence-electron chi connectivity index (χ2n) is 2.92. The van der Waals surface area contributed by atoms with Gasteiger partial charge in [-0.1, -0.05) is 15.9 Å². The van der Waals surface area contributed by atoms with Gasteiger partial charge in [-0.25, -0.2) is 4.39 Å². The Hall–Kier alpha value is -1.17. The SMILES string of the molecule is CC(Oc1cc(Br)cc(F)c1F)C(=N)N. The van der Waals surface area contributed by atoms with Crippen molar-refractivity contribution in [3.05, 3.63) is 28.2 Å². The van der Waals surface area contributed by atoms with Gasteiger partial charge < -0.3 is 10.5 Å². The standard InChI is InChI=1S/C9H9BrF2N2O/c1-4(9(13)14)15-7-3-5(10)2-6(11)8(7)12/h2-4H,1H3,(H3,13,14).